The Morgan fingerprint density at radius 2 is 1.97 bits per heavy atom. The molecule has 0 saturated heterocycles. The van der Waals surface area contributed by atoms with Crippen molar-refractivity contribution in [3.05, 3.63) is 82.1 Å². The van der Waals surface area contributed by atoms with Crippen molar-refractivity contribution in [3.63, 3.8) is 0 Å². The summed E-state index contributed by atoms with van der Waals surface area (Å²) < 4.78 is 5.10. The van der Waals surface area contributed by atoms with E-state index >= 15 is 0 Å². The molecule has 1 fully saturated rings. The van der Waals surface area contributed by atoms with Crippen LogP contribution in [0.3, 0.4) is 0 Å². The number of amides is 1. The second-order valence-corrected chi connectivity index (χ2v) is 10.3. The minimum Gasteiger partial charge on any atom is -0.462 e. The Bertz CT molecular complexity index is 1320. The molecule has 0 atom stereocenters. The number of fused-ring (bicyclic) bond motifs is 1. The largest absolute Gasteiger partial charge is 0.462 e. The van der Waals surface area contributed by atoms with Crippen LogP contribution in [0.5, 0.6) is 0 Å². The summed E-state index contributed by atoms with van der Waals surface area (Å²) in [5, 5.41) is 0.724. The summed E-state index contributed by atoms with van der Waals surface area (Å²) in [7, 11) is 0. The molecule has 192 valence electrons. The quantitative estimate of drug-likeness (QED) is 0.470. The highest BCUT2D eigenvalue weighted by Gasteiger charge is 2.40. The van der Waals surface area contributed by atoms with Gasteiger partial charge in [-0.1, -0.05) is 35.9 Å². The molecule has 1 amide bonds. The Morgan fingerprint density at radius 1 is 1.19 bits per heavy atom. The van der Waals surface area contributed by atoms with E-state index in [4.69, 9.17) is 27.1 Å². The van der Waals surface area contributed by atoms with E-state index in [1.807, 2.05) is 29.2 Å². The first kappa shape index (κ1) is 25.4. The van der Waals surface area contributed by atoms with E-state index in [1.165, 1.54) is 5.56 Å². The number of aromatic nitrogens is 2. The summed E-state index contributed by atoms with van der Waals surface area (Å²) in [4.78, 5) is 36.8. The predicted molar refractivity (Wildman–Crippen MR) is 143 cm³/mol. The molecule has 0 spiro atoms. The van der Waals surface area contributed by atoms with Crippen LogP contribution < -0.4 is 5.73 Å². The highest BCUT2D eigenvalue weighted by Crippen LogP contribution is 2.41. The minimum absolute atomic E-state index is 0.0129. The molecule has 0 unspecified atom stereocenters. The summed E-state index contributed by atoms with van der Waals surface area (Å²) in [6.45, 7) is 3.27. The van der Waals surface area contributed by atoms with E-state index in [9.17, 15) is 9.59 Å². The van der Waals surface area contributed by atoms with Crippen LogP contribution in [0, 0.1) is 0 Å². The van der Waals surface area contributed by atoms with Crippen LogP contribution in [0.2, 0.25) is 5.02 Å². The predicted octanol–water partition coefficient (Wildman–Crippen LogP) is 4.81. The number of nitrogens with two attached hydrogens (primary N) is 1. The minimum atomic E-state index is -0.380. The highest BCUT2D eigenvalue weighted by atomic mass is 35.5. The molecular weight excluding hydrogens is 488 g/mol. The van der Waals surface area contributed by atoms with Crippen molar-refractivity contribution in [1.29, 1.82) is 0 Å². The molecular formula is C29H31ClN4O3. The summed E-state index contributed by atoms with van der Waals surface area (Å²) in [5.74, 6) is 0.105. The molecule has 0 bridgehead atoms. The van der Waals surface area contributed by atoms with Crippen molar-refractivity contribution >= 4 is 23.5 Å². The summed E-state index contributed by atoms with van der Waals surface area (Å²) in [6.07, 6.45) is 5.91. The van der Waals surface area contributed by atoms with Crippen molar-refractivity contribution in [2.45, 2.75) is 50.5 Å². The van der Waals surface area contributed by atoms with E-state index in [2.05, 4.69) is 11.1 Å². The van der Waals surface area contributed by atoms with Crippen molar-refractivity contribution in [2.24, 2.45) is 5.73 Å². The third kappa shape index (κ3) is 4.98. The number of hydrogen-bond acceptors (Lipinski definition) is 6. The zero-order valence-electron chi connectivity index (χ0n) is 21.0. The van der Waals surface area contributed by atoms with Crippen LogP contribution >= 0.6 is 11.6 Å². The molecule has 37 heavy (non-hydrogen) atoms. The lowest BCUT2D eigenvalue weighted by atomic mass is 9.68. The van der Waals surface area contributed by atoms with Gasteiger partial charge in [0.15, 0.2) is 5.82 Å². The number of carbonyl (C=O) groups is 2. The lowest BCUT2D eigenvalue weighted by Crippen LogP contribution is -2.49. The number of benzene rings is 2. The lowest BCUT2D eigenvalue weighted by molar-refractivity contribution is 0.0525. The fourth-order valence-corrected chi connectivity index (χ4v) is 5.84. The fourth-order valence-electron chi connectivity index (χ4n) is 5.65. The zero-order valence-corrected chi connectivity index (χ0v) is 21.7. The molecule has 1 aliphatic heterocycles. The number of carbonyl (C=O) groups excluding carboxylic acids is 2. The Hall–Kier alpha value is -3.29. The van der Waals surface area contributed by atoms with E-state index in [-0.39, 0.29) is 23.3 Å². The number of nitrogens with zero attached hydrogens (tertiary/aromatic N) is 3. The Kier molecular flexibility index (Phi) is 7.26. The molecule has 1 aromatic heterocycles. The maximum absolute atomic E-state index is 13.5. The average molecular weight is 519 g/mol. The van der Waals surface area contributed by atoms with E-state index in [0.717, 1.165) is 42.0 Å². The summed E-state index contributed by atoms with van der Waals surface area (Å²) in [6, 6.07) is 15.2. The monoisotopic (exact) mass is 518 g/mol. The molecule has 0 radical (unpaired) electrons. The average Bonchev–Trinajstić information content (AvgIpc) is 2.93. The van der Waals surface area contributed by atoms with E-state index in [0.29, 0.717) is 43.1 Å². The second-order valence-electron chi connectivity index (χ2n) is 9.83. The van der Waals surface area contributed by atoms with Crippen molar-refractivity contribution < 1.29 is 14.3 Å². The van der Waals surface area contributed by atoms with Gasteiger partial charge in [-0.25, -0.2) is 14.8 Å². The van der Waals surface area contributed by atoms with Crippen LogP contribution in [0.25, 0.3) is 11.4 Å². The topological polar surface area (TPSA) is 98.4 Å². The van der Waals surface area contributed by atoms with Crippen molar-refractivity contribution in [1.82, 2.24) is 14.9 Å². The lowest BCUT2D eigenvalue weighted by Gasteiger charge is -2.44. The first-order valence-electron chi connectivity index (χ1n) is 12.8. The van der Waals surface area contributed by atoms with Gasteiger partial charge in [-0.15, -0.1) is 0 Å². The van der Waals surface area contributed by atoms with E-state index in [1.54, 1.807) is 31.3 Å². The van der Waals surface area contributed by atoms with Gasteiger partial charge in [0, 0.05) is 47.8 Å². The number of hydrogen-bond donors (Lipinski definition) is 1. The van der Waals surface area contributed by atoms with Gasteiger partial charge in [-0.2, -0.15) is 0 Å². The van der Waals surface area contributed by atoms with Crippen LogP contribution in [-0.2, 0) is 16.6 Å². The highest BCUT2D eigenvalue weighted by molar-refractivity contribution is 6.30. The van der Waals surface area contributed by atoms with Crippen LogP contribution in [0.15, 0.2) is 54.7 Å². The van der Waals surface area contributed by atoms with Crippen LogP contribution in [-0.4, -0.2) is 52.5 Å². The third-order valence-electron chi connectivity index (χ3n) is 7.76. The van der Waals surface area contributed by atoms with Gasteiger partial charge in [0.05, 0.1) is 23.4 Å². The normalized spacial score (nSPS) is 21.4. The van der Waals surface area contributed by atoms with Gasteiger partial charge in [-0.05, 0) is 62.4 Å². The Labute approximate surface area is 222 Å². The van der Waals surface area contributed by atoms with Crippen molar-refractivity contribution in [3.8, 4) is 11.4 Å². The van der Waals surface area contributed by atoms with Gasteiger partial charge >= 0.3 is 5.97 Å². The molecule has 2 aromatic carbocycles. The number of esters is 1. The molecule has 3 aromatic rings. The molecule has 1 aliphatic carbocycles. The number of rotatable bonds is 6. The molecule has 2 N–H and O–H groups in total. The second kappa shape index (κ2) is 10.6. The van der Waals surface area contributed by atoms with E-state index < -0.39 is 0 Å². The summed E-state index contributed by atoms with van der Waals surface area (Å²) in [5.41, 5.74) is 9.83. The van der Waals surface area contributed by atoms with Gasteiger partial charge in [0.25, 0.3) is 5.91 Å². The molecule has 7 nitrogen and oxygen atoms in total. The number of halogens is 1. The molecule has 5 rings (SSSR count). The van der Waals surface area contributed by atoms with Crippen LogP contribution in [0.4, 0.5) is 0 Å². The smallest absolute Gasteiger partial charge is 0.338 e. The maximum Gasteiger partial charge on any atom is 0.338 e. The molecule has 8 heteroatoms. The first-order valence-corrected chi connectivity index (χ1v) is 13.2. The zero-order chi connectivity index (χ0) is 26.0. The molecule has 2 aliphatic rings. The van der Waals surface area contributed by atoms with Gasteiger partial charge in [0.1, 0.15) is 0 Å². The third-order valence-corrected chi connectivity index (χ3v) is 8.00. The van der Waals surface area contributed by atoms with Crippen LogP contribution in [0.1, 0.15) is 64.6 Å². The summed E-state index contributed by atoms with van der Waals surface area (Å²) >= 11 is 6.26. The van der Waals surface area contributed by atoms with Gasteiger partial charge in [0.2, 0.25) is 0 Å². The van der Waals surface area contributed by atoms with Gasteiger partial charge < -0.3 is 15.4 Å². The van der Waals surface area contributed by atoms with Crippen molar-refractivity contribution in [2.75, 3.05) is 19.7 Å². The Morgan fingerprint density at radius 3 is 2.70 bits per heavy atom. The maximum atomic E-state index is 13.5. The van der Waals surface area contributed by atoms with Gasteiger partial charge in [-0.3, -0.25) is 4.79 Å². The molecule has 1 saturated carbocycles. The first-order chi connectivity index (χ1) is 17.9. The number of ether oxygens (including phenoxy) is 1. The SMILES string of the molecule is CCOC(=O)c1cccc(-c2ncc3c(n2)CCN([C@H]2CC[C@](CN)(c4cccc(Cl)c4)CC2)C3=O)c1. The Balaban J connectivity index is 1.31. The standard InChI is InChI=1S/C29H31ClN4O3/c1-2-37-28(36)20-6-3-5-19(15-20)26-32-17-24-25(33-26)11-14-34(27(24)35)23-9-12-29(18-31,13-10-23)21-7-4-8-22(30)16-21/h3-8,15-17,23H,2,9-14,18,31H2,1H3/t23-,29-. The fraction of sp³-hybridized carbons (Fsp3) is 0.379. The molecule has 2 heterocycles.